The quantitative estimate of drug-likeness (QED) is 0.836. The molecular formula is C18H29B2O4. The molecule has 24 heavy (non-hydrogen) atoms. The van der Waals surface area contributed by atoms with Crippen LogP contribution in [0.3, 0.4) is 0 Å². The fourth-order valence-corrected chi connectivity index (χ4v) is 2.12. The number of rotatable bonds is 5. The molecule has 0 amide bonds. The molecule has 1 aliphatic heterocycles. The van der Waals surface area contributed by atoms with E-state index in [1.165, 1.54) is 0 Å². The molecule has 6 heteroatoms. The Morgan fingerprint density at radius 1 is 1.04 bits per heavy atom. The zero-order chi connectivity index (χ0) is 18.4. The first-order chi connectivity index (χ1) is 10.8. The summed E-state index contributed by atoms with van der Waals surface area (Å²) in [5, 5.41) is 10.2. The van der Waals surface area contributed by atoms with E-state index in [4.69, 9.17) is 14.0 Å². The second-order valence-corrected chi connectivity index (χ2v) is 8.56. The van der Waals surface area contributed by atoms with Crippen molar-refractivity contribution in [1.82, 2.24) is 0 Å². The van der Waals surface area contributed by atoms with Crippen LogP contribution >= 0.6 is 0 Å². The standard InChI is InChI=1S/C18H29B2O4/c1-15(2,21)16(3,4)22-19-13-10-9-11-14(12-13)20-23-17(5,6)18(7,8)24-20/h9-12,21H,1-8H3. The molecule has 0 aromatic heterocycles. The van der Waals surface area contributed by atoms with Crippen LogP contribution in [0.15, 0.2) is 24.3 Å². The van der Waals surface area contributed by atoms with Crippen LogP contribution in [0, 0.1) is 0 Å². The predicted octanol–water partition coefficient (Wildman–Crippen LogP) is 1.80. The highest BCUT2D eigenvalue weighted by Crippen LogP contribution is 2.36. The minimum Gasteiger partial charge on any atom is -0.427 e. The van der Waals surface area contributed by atoms with Crippen LogP contribution in [0.25, 0.3) is 0 Å². The van der Waals surface area contributed by atoms with Crippen molar-refractivity contribution in [2.75, 3.05) is 0 Å². The molecule has 1 fully saturated rings. The minimum atomic E-state index is -0.952. The Kier molecular flexibility index (Phi) is 5.02. The summed E-state index contributed by atoms with van der Waals surface area (Å²) in [5.74, 6) is 0. The van der Waals surface area contributed by atoms with Crippen molar-refractivity contribution in [3.8, 4) is 0 Å². The van der Waals surface area contributed by atoms with E-state index in [2.05, 4.69) is 0 Å². The lowest BCUT2D eigenvalue weighted by Crippen LogP contribution is -2.49. The Balaban J connectivity index is 2.11. The topological polar surface area (TPSA) is 47.9 Å². The van der Waals surface area contributed by atoms with Crippen LogP contribution in [0.1, 0.15) is 55.4 Å². The van der Waals surface area contributed by atoms with Crippen LogP contribution in [-0.2, 0) is 14.0 Å². The van der Waals surface area contributed by atoms with Gasteiger partial charge in [-0.1, -0.05) is 29.7 Å². The van der Waals surface area contributed by atoms with Gasteiger partial charge in [-0.05, 0) is 60.9 Å². The zero-order valence-electron chi connectivity index (χ0n) is 16.1. The van der Waals surface area contributed by atoms with Crippen molar-refractivity contribution >= 4 is 25.5 Å². The smallest absolute Gasteiger partial charge is 0.427 e. The lowest BCUT2D eigenvalue weighted by molar-refractivity contribution is -0.0893. The van der Waals surface area contributed by atoms with Gasteiger partial charge in [-0.2, -0.15) is 0 Å². The van der Waals surface area contributed by atoms with Gasteiger partial charge in [-0.25, -0.2) is 0 Å². The van der Waals surface area contributed by atoms with Gasteiger partial charge >= 0.3 is 14.6 Å². The Labute approximate surface area is 147 Å². The molecule has 1 aliphatic rings. The van der Waals surface area contributed by atoms with Gasteiger partial charge in [0.2, 0.25) is 0 Å². The lowest BCUT2D eigenvalue weighted by Gasteiger charge is -2.37. The summed E-state index contributed by atoms with van der Waals surface area (Å²) in [7, 11) is 1.28. The van der Waals surface area contributed by atoms with E-state index in [1.54, 1.807) is 21.3 Å². The van der Waals surface area contributed by atoms with E-state index in [0.29, 0.717) is 0 Å². The summed E-state index contributed by atoms with van der Waals surface area (Å²) in [6.45, 7) is 15.4. The molecule has 131 valence electrons. The fourth-order valence-electron chi connectivity index (χ4n) is 2.12. The van der Waals surface area contributed by atoms with Crippen molar-refractivity contribution in [2.45, 2.75) is 77.8 Å². The first-order valence-electron chi connectivity index (χ1n) is 8.44. The molecule has 1 N–H and O–H groups in total. The van der Waals surface area contributed by atoms with Gasteiger partial charge < -0.3 is 19.1 Å². The average Bonchev–Trinajstić information content (AvgIpc) is 2.64. The molecule has 4 nitrogen and oxygen atoms in total. The molecule has 1 aromatic rings. The van der Waals surface area contributed by atoms with Crippen LogP contribution in [0.2, 0.25) is 0 Å². The van der Waals surface area contributed by atoms with Crippen molar-refractivity contribution in [2.24, 2.45) is 0 Å². The van der Waals surface area contributed by atoms with Gasteiger partial charge in [0.15, 0.2) is 0 Å². The van der Waals surface area contributed by atoms with Gasteiger partial charge in [0.05, 0.1) is 22.4 Å². The summed E-state index contributed by atoms with van der Waals surface area (Å²) >= 11 is 0. The third-order valence-corrected chi connectivity index (χ3v) is 5.40. The molecule has 1 radical (unpaired) electrons. The van der Waals surface area contributed by atoms with E-state index in [9.17, 15) is 5.11 Å². The van der Waals surface area contributed by atoms with Gasteiger partial charge in [-0.15, -0.1) is 0 Å². The van der Waals surface area contributed by atoms with Crippen molar-refractivity contribution in [3.05, 3.63) is 24.3 Å². The third kappa shape index (κ3) is 3.88. The molecule has 0 aliphatic carbocycles. The monoisotopic (exact) mass is 331 g/mol. The van der Waals surface area contributed by atoms with E-state index in [1.807, 2.05) is 65.8 Å². The van der Waals surface area contributed by atoms with E-state index in [0.717, 1.165) is 10.9 Å². The third-order valence-electron chi connectivity index (χ3n) is 5.40. The summed E-state index contributed by atoms with van der Waals surface area (Å²) in [4.78, 5) is 0. The Bertz CT molecular complexity index is 575. The molecule has 1 saturated heterocycles. The molecule has 1 aromatic carbocycles. The van der Waals surface area contributed by atoms with Crippen molar-refractivity contribution < 1.29 is 19.1 Å². The van der Waals surface area contributed by atoms with Gasteiger partial charge in [0.25, 0.3) is 0 Å². The van der Waals surface area contributed by atoms with Gasteiger partial charge in [-0.3, -0.25) is 0 Å². The summed E-state index contributed by atoms with van der Waals surface area (Å²) in [6, 6.07) is 7.88. The van der Waals surface area contributed by atoms with E-state index < -0.39 is 18.3 Å². The lowest BCUT2D eigenvalue weighted by atomic mass is 9.74. The largest absolute Gasteiger partial charge is 0.494 e. The predicted molar refractivity (Wildman–Crippen MR) is 99.0 cm³/mol. The normalized spacial score (nSPS) is 20.3. The fraction of sp³-hybridized carbons (Fsp3) is 0.667. The van der Waals surface area contributed by atoms with Crippen molar-refractivity contribution in [1.29, 1.82) is 0 Å². The molecule has 0 unspecified atom stereocenters. The van der Waals surface area contributed by atoms with E-state index in [-0.39, 0.29) is 11.2 Å². The molecular weight excluding hydrogens is 302 g/mol. The van der Waals surface area contributed by atoms with E-state index >= 15 is 0 Å². The molecule has 0 saturated carbocycles. The number of hydrogen-bond donors (Lipinski definition) is 1. The molecule has 2 rings (SSSR count). The maximum Gasteiger partial charge on any atom is 0.494 e. The maximum atomic E-state index is 10.2. The van der Waals surface area contributed by atoms with Crippen molar-refractivity contribution in [3.63, 3.8) is 0 Å². The molecule has 0 bridgehead atoms. The van der Waals surface area contributed by atoms with Gasteiger partial charge in [0, 0.05) is 0 Å². The van der Waals surface area contributed by atoms with Crippen LogP contribution < -0.4 is 10.9 Å². The summed E-state index contributed by atoms with van der Waals surface area (Å²) in [5.41, 5.74) is -0.528. The Morgan fingerprint density at radius 2 is 1.58 bits per heavy atom. The maximum absolute atomic E-state index is 10.2. The minimum absolute atomic E-state index is 0.364. The second-order valence-electron chi connectivity index (χ2n) is 8.56. The summed E-state index contributed by atoms with van der Waals surface area (Å²) in [6.07, 6.45) is 0. The van der Waals surface area contributed by atoms with Crippen LogP contribution in [0.4, 0.5) is 0 Å². The average molecular weight is 331 g/mol. The number of aliphatic hydroxyl groups is 1. The first-order valence-corrected chi connectivity index (χ1v) is 8.44. The molecule has 0 atom stereocenters. The second kappa shape index (κ2) is 6.17. The summed E-state index contributed by atoms with van der Waals surface area (Å²) < 4.78 is 18.0. The number of hydrogen-bond acceptors (Lipinski definition) is 4. The number of benzene rings is 1. The van der Waals surface area contributed by atoms with Crippen LogP contribution in [-0.4, -0.2) is 42.1 Å². The highest BCUT2D eigenvalue weighted by Gasteiger charge is 2.51. The Morgan fingerprint density at radius 3 is 2.08 bits per heavy atom. The molecule has 0 spiro atoms. The Hall–Kier alpha value is -0.810. The van der Waals surface area contributed by atoms with Crippen LogP contribution in [0.5, 0.6) is 0 Å². The zero-order valence-corrected chi connectivity index (χ0v) is 16.1. The SMILES string of the molecule is CC(C)(O)C(C)(C)O[B]c1cccc(B2OC(C)(C)C(C)(C)O2)c1. The highest BCUT2D eigenvalue weighted by atomic mass is 16.7. The van der Waals surface area contributed by atoms with Gasteiger partial charge in [0.1, 0.15) is 0 Å². The molecule has 1 heterocycles. The first kappa shape index (κ1) is 19.5. The highest BCUT2D eigenvalue weighted by molar-refractivity contribution is 6.63.